The second-order valence-corrected chi connectivity index (χ2v) is 5.82. The molecular weight excluding hydrogens is 328 g/mol. The molecule has 130 valence electrons. The summed E-state index contributed by atoms with van der Waals surface area (Å²) in [6.45, 7) is 1.44. The summed E-state index contributed by atoms with van der Waals surface area (Å²) in [5, 5.41) is 15.3. The van der Waals surface area contributed by atoms with Gasteiger partial charge in [-0.05, 0) is 41.5 Å². The first kappa shape index (κ1) is 17.2. The highest BCUT2D eigenvalue weighted by molar-refractivity contribution is 5.97. The van der Waals surface area contributed by atoms with Crippen molar-refractivity contribution in [2.45, 2.75) is 6.92 Å². The fourth-order valence-corrected chi connectivity index (χ4v) is 2.68. The Kier molecular flexibility index (Phi) is 4.99. The minimum absolute atomic E-state index is 0.167. The Hall–Kier alpha value is -3.60. The molecule has 5 heteroatoms. The zero-order valence-corrected chi connectivity index (χ0v) is 14.2. The zero-order chi connectivity index (χ0) is 18.5. The number of carbonyl (C=O) groups is 2. The number of carboxylic acid groups (broad SMARTS) is 1. The van der Waals surface area contributed by atoms with Crippen LogP contribution in [0, 0.1) is 0 Å². The van der Waals surface area contributed by atoms with Gasteiger partial charge >= 0.3 is 5.97 Å². The summed E-state index contributed by atoms with van der Waals surface area (Å²) in [4.78, 5) is 22.8. The van der Waals surface area contributed by atoms with E-state index in [0.717, 1.165) is 11.1 Å². The van der Waals surface area contributed by atoms with E-state index in [4.69, 9.17) is 0 Å². The molecule has 0 saturated carbocycles. The van der Waals surface area contributed by atoms with Gasteiger partial charge in [0.2, 0.25) is 5.91 Å². The minimum Gasteiger partial charge on any atom is -0.478 e. The summed E-state index contributed by atoms with van der Waals surface area (Å²) in [7, 11) is 0. The molecule has 0 fully saturated rings. The van der Waals surface area contributed by atoms with E-state index >= 15 is 0 Å². The van der Waals surface area contributed by atoms with Crippen LogP contribution in [0.15, 0.2) is 72.8 Å². The Morgan fingerprint density at radius 3 is 2.23 bits per heavy atom. The molecule has 0 saturated heterocycles. The first-order valence-electron chi connectivity index (χ1n) is 8.10. The van der Waals surface area contributed by atoms with E-state index in [2.05, 4.69) is 10.6 Å². The van der Waals surface area contributed by atoms with Crippen molar-refractivity contribution >= 4 is 28.9 Å². The average molecular weight is 346 g/mol. The van der Waals surface area contributed by atoms with Crippen molar-refractivity contribution < 1.29 is 14.7 Å². The lowest BCUT2D eigenvalue weighted by molar-refractivity contribution is -0.114. The largest absolute Gasteiger partial charge is 0.478 e. The highest BCUT2D eigenvalue weighted by atomic mass is 16.4. The fourth-order valence-electron chi connectivity index (χ4n) is 2.68. The van der Waals surface area contributed by atoms with Gasteiger partial charge in [0.05, 0.1) is 11.3 Å². The van der Waals surface area contributed by atoms with E-state index in [0.29, 0.717) is 17.1 Å². The Morgan fingerprint density at radius 2 is 1.54 bits per heavy atom. The summed E-state index contributed by atoms with van der Waals surface area (Å²) in [5.74, 6) is -1.18. The number of carboxylic acids is 1. The molecule has 0 aliphatic rings. The van der Waals surface area contributed by atoms with Gasteiger partial charge in [0.15, 0.2) is 0 Å². The predicted octanol–water partition coefficient (Wildman–Crippen LogP) is 4.75. The Labute approximate surface area is 151 Å². The molecule has 0 spiro atoms. The van der Waals surface area contributed by atoms with Gasteiger partial charge in [-0.25, -0.2) is 4.79 Å². The van der Waals surface area contributed by atoms with Crippen LogP contribution in [0.4, 0.5) is 17.1 Å². The van der Waals surface area contributed by atoms with Crippen molar-refractivity contribution in [1.29, 1.82) is 0 Å². The third-order valence-electron chi connectivity index (χ3n) is 3.82. The molecule has 3 aromatic carbocycles. The number of anilines is 3. The van der Waals surface area contributed by atoms with E-state index in [-0.39, 0.29) is 11.5 Å². The average Bonchev–Trinajstić information content (AvgIpc) is 2.62. The Morgan fingerprint density at radius 1 is 0.808 bits per heavy atom. The maximum atomic E-state index is 11.6. The number of aromatic carboxylic acids is 1. The number of hydrogen-bond donors (Lipinski definition) is 3. The number of nitrogens with one attached hydrogen (secondary N) is 2. The van der Waals surface area contributed by atoms with Crippen LogP contribution in [0.25, 0.3) is 11.1 Å². The van der Waals surface area contributed by atoms with Gasteiger partial charge in [0.25, 0.3) is 0 Å². The van der Waals surface area contributed by atoms with Crippen LogP contribution >= 0.6 is 0 Å². The normalized spacial score (nSPS) is 10.2. The van der Waals surface area contributed by atoms with Crippen LogP contribution < -0.4 is 10.6 Å². The van der Waals surface area contributed by atoms with Gasteiger partial charge in [-0.1, -0.05) is 42.5 Å². The summed E-state index contributed by atoms with van der Waals surface area (Å²) in [6, 6.07) is 22.0. The first-order chi connectivity index (χ1) is 12.5. The number of carbonyl (C=O) groups excluding carboxylic acids is 1. The molecule has 3 aromatic rings. The molecule has 0 unspecified atom stereocenters. The lowest BCUT2D eigenvalue weighted by Gasteiger charge is -2.13. The molecule has 0 bridgehead atoms. The molecule has 0 aliphatic heterocycles. The summed E-state index contributed by atoms with van der Waals surface area (Å²) >= 11 is 0. The summed E-state index contributed by atoms with van der Waals surface area (Å²) in [5.41, 5.74) is 3.89. The molecule has 0 atom stereocenters. The van der Waals surface area contributed by atoms with Crippen molar-refractivity contribution in [3.63, 3.8) is 0 Å². The lowest BCUT2D eigenvalue weighted by Crippen LogP contribution is -2.06. The highest BCUT2D eigenvalue weighted by Crippen LogP contribution is 2.29. The molecule has 3 rings (SSSR count). The molecule has 0 radical (unpaired) electrons. The van der Waals surface area contributed by atoms with Crippen LogP contribution in [-0.2, 0) is 4.79 Å². The molecule has 3 N–H and O–H groups in total. The quantitative estimate of drug-likeness (QED) is 0.623. The number of amides is 1. The van der Waals surface area contributed by atoms with Crippen molar-refractivity contribution in [1.82, 2.24) is 0 Å². The smallest absolute Gasteiger partial charge is 0.337 e. The van der Waals surface area contributed by atoms with Gasteiger partial charge in [-0.2, -0.15) is 0 Å². The third kappa shape index (κ3) is 4.08. The topological polar surface area (TPSA) is 78.4 Å². The van der Waals surface area contributed by atoms with Gasteiger partial charge in [0, 0.05) is 18.3 Å². The maximum absolute atomic E-state index is 11.6. The predicted molar refractivity (Wildman–Crippen MR) is 103 cm³/mol. The van der Waals surface area contributed by atoms with E-state index in [9.17, 15) is 14.7 Å². The minimum atomic E-state index is -1.01. The Bertz CT molecular complexity index is 952. The van der Waals surface area contributed by atoms with E-state index in [1.54, 1.807) is 30.3 Å². The first-order valence-corrected chi connectivity index (χ1v) is 8.10. The van der Waals surface area contributed by atoms with Crippen LogP contribution in [0.2, 0.25) is 0 Å². The van der Waals surface area contributed by atoms with E-state index < -0.39 is 5.97 Å². The summed E-state index contributed by atoms with van der Waals surface area (Å²) in [6.07, 6.45) is 0. The van der Waals surface area contributed by atoms with Crippen LogP contribution in [0.1, 0.15) is 17.3 Å². The molecular formula is C21H18N2O3. The van der Waals surface area contributed by atoms with Crippen LogP contribution in [0.3, 0.4) is 0 Å². The van der Waals surface area contributed by atoms with Gasteiger partial charge in [0.1, 0.15) is 0 Å². The van der Waals surface area contributed by atoms with Crippen molar-refractivity contribution in [2.24, 2.45) is 0 Å². The molecule has 0 aliphatic carbocycles. The number of hydrogen-bond acceptors (Lipinski definition) is 3. The number of rotatable bonds is 5. The molecule has 0 aromatic heterocycles. The van der Waals surface area contributed by atoms with Gasteiger partial charge in [-0.15, -0.1) is 0 Å². The van der Waals surface area contributed by atoms with Crippen molar-refractivity contribution in [3.8, 4) is 11.1 Å². The molecule has 0 heterocycles. The fraction of sp³-hybridized carbons (Fsp3) is 0.0476. The maximum Gasteiger partial charge on any atom is 0.337 e. The standard InChI is InChI=1S/C21H18N2O3/c1-14(24)22-17-8-5-9-18(13-17)23-20-12-16(10-11-19(20)21(25)26)15-6-3-2-4-7-15/h2-13,23H,1H3,(H,22,24)(H,25,26). The lowest BCUT2D eigenvalue weighted by atomic mass is 10.0. The second-order valence-electron chi connectivity index (χ2n) is 5.82. The van der Waals surface area contributed by atoms with E-state index in [1.807, 2.05) is 42.5 Å². The van der Waals surface area contributed by atoms with Gasteiger partial charge < -0.3 is 15.7 Å². The van der Waals surface area contributed by atoms with Crippen molar-refractivity contribution in [3.05, 3.63) is 78.4 Å². The number of benzene rings is 3. The summed E-state index contributed by atoms with van der Waals surface area (Å²) < 4.78 is 0. The van der Waals surface area contributed by atoms with Crippen LogP contribution in [-0.4, -0.2) is 17.0 Å². The Balaban J connectivity index is 1.97. The third-order valence-corrected chi connectivity index (χ3v) is 3.82. The molecule has 1 amide bonds. The SMILES string of the molecule is CC(=O)Nc1cccc(Nc2cc(-c3ccccc3)ccc2C(=O)O)c1. The van der Waals surface area contributed by atoms with Crippen LogP contribution in [0.5, 0.6) is 0 Å². The highest BCUT2D eigenvalue weighted by Gasteiger charge is 2.12. The van der Waals surface area contributed by atoms with E-state index in [1.165, 1.54) is 6.92 Å². The van der Waals surface area contributed by atoms with Crippen molar-refractivity contribution in [2.75, 3.05) is 10.6 Å². The zero-order valence-electron chi connectivity index (χ0n) is 14.2. The molecule has 5 nitrogen and oxygen atoms in total. The monoisotopic (exact) mass is 346 g/mol. The van der Waals surface area contributed by atoms with Gasteiger partial charge in [-0.3, -0.25) is 4.79 Å². The molecule has 26 heavy (non-hydrogen) atoms. The second kappa shape index (κ2) is 7.53.